The van der Waals surface area contributed by atoms with Crippen LogP contribution < -0.4 is 0 Å². The summed E-state index contributed by atoms with van der Waals surface area (Å²) in [5.41, 5.74) is 1.39. The summed E-state index contributed by atoms with van der Waals surface area (Å²) in [7, 11) is -1.91. The van der Waals surface area contributed by atoms with Gasteiger partial charge in [-0.3, -0.25) is 4.79 Å². The van der Waals surface area contributed by atoms with Crippen LogP contribution in [0, 0.1) is 0 Å². The van der Waals surface area contributed by atoms with E-state index in [0.29, 0.717) is 12.2 Å². The van der Waals surface area contributed by atoms with Gasteiger partial charge in [0.15, 0.2) is 8.32 Å². The Morgan fingerprint density at radius 2 is 1.85 bits per heavy atom. The van der Waals surface area contributed by atoms with E-state index in [2.05, 4.69) is 33.9 Å². The van der Waals surface area contributed by atoms with Gasteiger partial charge in [-0.15, -0.1) is 0 Å². The first-order chi connectivity index (χ1) is 12.4. The van der Waals surface area contributed by atoms with E-state index in [0.717, 1.165) is 5.56 Å². The molecule has 1 rings (SSSR count). The molecule has 1 aromatic rings. The molecule has 1 N–H and O–H groups in total. The van der Waals surface area contributed by atoms with Gasteiger partial charge in [0.1, 0.15) is 5.75 Å². The molecule has 0 aliphatic carbocycles. The highest BCUT2D eigenvalue weighted by Crippen LogP contribution is 2.37. The zero-order valence-corrected chi connectivity index (χ0v) is 18.4. The molecule has 0 aromatic heterocycles. The van der Waals surface area contributed by atoms with Crippen LogP contribution in [0.15, 0.2) is 18.2 Å². The molecule has 7 heteroatoms. The highest BCUT2D eigenvalue weighted by atomic mass is 28.4. The van der Waals surface area contributed by atoms with E-state index in [4.69, 9.17) is 13.9 Å². The quantitative estimate of drug-likeness (QED) is 0.529. The molecule has 0 fully saturated rings. The summed E-state index contributed by atoms with van der Waals surface area (Å²) in [4.78, 5) is 23.4. The third-order valence-electron chi connectivity index (χ3n) is 4.81. The number of rotatable bonds is 8. The maximum absolute atomic E-state index is 12.0. The number of phenolic OH excluding ortho intramolecular Hbond substituents is 1. The maximum atomic E-state index is 12.0. The van der Waals surface area contributed by atoms with E-state index in [1.54, 1.807) is 25.1 Å². The molecular formula is C20H32O6Si. The molecule has 1 aromatic carbocycles. The van der Waals surface area contributed by atoms with Gasteiger partial charge in [0.05, 0.1) is 13.2 Å². The van der Waals surface area contributed by atoms with Gasteiger partial charge in [-0.05, 0) is 48.3 Å². The number of esters is 2. The van der Waals surface area contributed by atoms with Crippen LogP contribution >= 0.6 is 0 Å². The Hall–Kier alpha value is -1.86. The summed E-state index contributed by atoms with van der Waals surface area (Å²) in [5.74, 6) is -1.17. The molecule has 0 aliphatic heterocycles. The number of ether oxygens (including phenoxy) is 2. The highest BCUT2D eigenvalue weighted by Gasteiger charge is 2.37. The van der Waals surface area contributed by atoms with Crippen LogP contribution in [0.5, 0.6) is 5.75 Å². The number of aromatic hydroxyl groups is 1. The third kappa shape index (κ3) is 6.99. The molecule has 0 saturated heterocycles. The number of hydrogen-bond donors (Lipinski definition) is 1. The lowest BCUT2D eigenvalue weighted by Crippen LogP contribution is -2.40. The van der Waals surface area contributed by atoms with Crippen molar-refractivity contribution in [3.8, 4) is 5.75 Å². The van der Waals surface area contributed by atoms with Gasteiger partial charge in [-0.25, -0.2) is 4.79 Å². The number of carbonyl (C=O) groups excluding carboxylic acids is 2. The average Bonchev–Trinajstić information content (AvgIpc) is 2.53. The van der Waals surface area contributed by atoms with Crippen molar-refractivity contribution in [2.45, 2.75) is 71.9 Å². The summed E-state index contributed by atoms with van der Waals surface area (Å²) in [6.45, 7) is 14.4. The molecule has 1 atom stereocenters. The summed E-state index contributed by atoms with van der Waals surface area (Å²) >= 11 is 0. The Labute approximate surface area is 163 Å². The van der Waals surface area contributed by atoms with Crippen LogP contribution in [0.1, 0.15) is 45.7 Å². The first-order valence-electron chi connectivity index (χ1n) is 9.16. The lowest BCUT2D eigenvalue weighted by Gasteiger charge is -2.36. The van der Waals surface area contributed by atoms with Crippen LogP contribution in [-0.2, 0) is 36.5 Å². The molecule has 152 valence electrons. The molecule has 27 heavy (non-hydrogen) atoms. The smallest absolute Gasteiger partial charge is 0.347 e. The summed E-state index contributed by atoms with van der Waals surface area (Å²) in [6, 6.07) is 5.13. The van der Waals surface area contributed by atoms with Crippen LogP contribution in [-0.4, -0.2) is 38.1 Å². The Kier molecular flexibility index (Phi) is 8.04. The van der Waals surface area contributed by atoms with Crippen molar-refractivity contribution in [2.75, 3.05) is 6.61 Å². The lowest BCUT2D eigenvalue weighted by atomic mass is 10.0. The van der Waals surface area contributed by atoms with Gasteiger partial charge < -0.3 is 19.0 Å². The normalized spacial score (nSPS) is 13.1. The van der Waals surface area contributed by atoms with Gasteiger partial charge in [0.2, 0.25) is 6.10 Å². The first-order valence-corrected chi connectivity index (χ1v) is 12.1. The molecule has 0 saturated carbocycles. The van der Waals surface area contributed by atoms with Crippen molar-refractivity contribution in [1.82, 2.24) is 0 Å². The SMILES string of the molecule is CCOC(=O)C(Cc1cc(CO[Si](C)(C)C(C)(C)C)ccc1O)OC(C)=O. The molecule has 0 radical (unpaired) electrons. The minimum Gasteiger partial charge on any atom is -0.508 e. The monoisotopic (exact) mass is 396 g/mol. The van der Waals surface area contributed by atoms with E-state index in [1.165, 1.54) is 6.92 Å². The fourth-order valence-electron chi connectivity index (χ4n) is 2.18. The number of benzene rings is 1. The topological polar surface area (TPSA) is 82.1 Å². The predicted octanol–water partition coefficient (Wildman–Crippen LogP) is 3.95. The molecule has 0 heterocycles. The second kappa shape index (κ2) is 9.37. The Bertz CT molecular complexity index is 663. The van der Waals surface area contributed by atoms with Crippen LogP contribution in [0.3, 0.4) is 0 Å². The fraction of sp³-hybridized carbons (Fsp3) is 0.600. The van der Waals surface area contributed by atoms with Gasteiger partial charge in [0, 0.05) is 13.3 Å². The largest absolute Gasteiger partial charge is 0.508 e. The standard InChI is InChI=1S/C20H32O6Si/c1-8-24-19(23)18(26-14(2)21)12-16-11-15(9-10-17(16)22)13-25-27(6,7)20(3,4)5/h9-11,18,22H,8,12-13H2,1-7H3. The predicted molar refractivity (Wildman–Crippen MR) is 106 cm³/mol. The van der Waals surface area contributed by atoms with Gasteiger partial charge in [0.25, 0.3) is 0 Å². The minimum absolute atomic E-state index is 0.0347. The van der Waals surface area contributed by atoms with Crippen molar-refractivity contribution in [3.05, 3.63) is 29.3 Å². The summed E-state index contributed by atoms with van der Waals surface area (Å²) in [5, 5.41) is 10.3. The zero-order valence-electron chi connectivity index (χ0n) is 17.4. The zero-order chi connectivity index (χ0) is 20.8. The Morgan fingerprint density at radius 1 is 1.22 bits per heavy atom. The van der Waals surface area contributed by atoms with Crippen LogP contribution in [0.2, 0.25) is 18.1 Å². The Morgan fingerprint density at radius 3 is 2.37 bits per heavy atom. The molecule has 6 nitrogen and oxygen atoms in total. The van der Waals surface area contributed by atoms with Crippen molar-refractivity contribution in [1.29, 1.82) is 0 Å². The molecule has 0 aliphatic rings. The molecule has 0 amide bonds. The van der Waals surface area contributed by atoms with E-state index >= 15 is 0 Å². The lowest BCUT2D eigenvalue weighted by molar-refractivity contribution is -0.166. The van der Waals surface area contributed by atoms with E-state index < -0.39 is 26.4 Å². The van der Waals surface area contributed by atoms with Crippen molar-refractivity contribution in [3.63, 3.8) is 0 Å². The average molecular weight is 397 g/mol. The van der Waals surface area contributed by atoms with E-state index in [1.807, 2.05) is 0 Å². The second-order valence-corrected chi connectivity index (χ2v) is 12.9. The molecule has 0 bridgehead atoms. The molecule has 0 spiro atoms. The minimum atomic E-state index is -1.91. The number of carbonyl (C=O) groups is 2. The number of hydrogen-bond acceptors (Lipinski definition) is 6. The van der Waals surface area contributed by atoms with Gasteiger partial charge in [-0.2, -0.15) is 0 Å². The third-order valence-corrected chi connectivity index (χ3v) is 9.29. The summed E-state index contributed by atoms with van der Waals surface area (Å²) < 4.78 is 16.2. The molecule has 1 unspecified atom stereocenters. The van der Waals surface area contributed by atoms with Crippen molar-refractivity contribution >= 4 is 20.3 Å². The maximum Gasteiger partial charge on any atom is 0.347 e. The summed E-state index contributed by atoms with van der Waals surface area (Å²) in [6.07, 6.45) is -1.05. The molecular weight excluding hydrogens is 364 g/mol. The highest BCUT2D eigenvalue weighted by molar-refractivity contribution is 6.74. The van der Waals surface area contributed by atoms with Crippen LogP contribution in [0.4, 0.5) is 0 Å². The van der Waals surface area contributed by atoms with Crippen molar-refractivity contribution < 1.29 is 28.6 Å². The van der Waals surface area contributed by atoms with E-state index in [-0.39, 0.29) is 23.8 Å². The van der Waals surface area contributed by atoms with Crippen molar-refractivity contribution in [2.24, 2.45) is 0 Å². The first kappa shape index (κ1) is 23.2. The number of phenols is 1. The van der Waals surface area contributed by atoms with Gasteiger partial charge in [-0.1, -0.05) is 26.8 Å². The van der Waals surface area contributed by atoms with Gasteiger partial charge >= 0.3 is 11.9 Å². The van der Waals surface area contributed by atoms with E-state index in [9.17, 15) is 14.7 Å². The van der Waals surface area contributed by atoms with Crippen LogP contribution in [0.25, 0.3) is 0 Å². The Balaban J connectivity index is 2.96. The fourth-order valence-corrected chi connectivity index (χ4v) is 3.14. The second-order valence-electron chi connectivity index (χ2n) is 8.07.